The summed E-state index contributed by atoms with van der Waals surface area (Å²) >= 11 is 2.52. The van der Waals surface area contributed by atoms with Crippen LogP contribution in [0.5, 0.6) is 0 Å². The predicted octanol–water partition coefficient (Wildman–Crippen LogP) is 3.88. The number of aromatic nitrogens is 5. The molecule has 0 saturated heterocycles. The first-order valence-electron chi connectivity index (χ1n) is 8.94. The van der Waals surface area contributed by atoms with E-state index < -0.39 is 0 Å². The van der Waals surface area contributed by atoms with E-state index >= 15 is 0 Å². The molecular formula is C19H16N6OS2. The number of nitrogens with zero attached hydrogens (tertiary/aromatic N) is 5. The number of nitrogens with one attached hydrogen (secondary N) is 1. The van der Waals surface area contributed by atoms with Gasteiger partial charge in [0.15, 0.2) is 5.16 Å². The van der Waals surface area contributed by atoms with Gasteiger partial charge in [-0.15, -0.1) is 10.2 Å². The van der Waals surface area contributed by atoms with Crippen molar-refractivity contribution in [2.24, 2.45) is 0 Å². The van der Waals surface area contributed by atoms with Gasteiger partial charge in [0, 0.05) is 11.6 Å². The van der Waals surface area contributed by atoms with Crippen molar-refractivity contribution in [1.29, 1.82) is 0 Å². The second kappa shape index (κ2) is 7.33. The number of hydrogen-bond donors (Lipinski definition) is 1. The van der Waals surface area contributed by atoms with Crippen molar-refractivity contribution in [3.05, 3.63) is 54.4 Å². The molecule has 1 aliphatic rings. The van der Waals surface area contributed by atoms with Crippen molar-refractivity contribution in [2.45, 2.75) is 23.9 Å². The molecule has 0 bridgehead atoms. The highest BCUT2D eigenvalue weighted by molar-refractivity contribution is 7.99. The van der Waals surface area contributed by atoms with Crippen LogP contribution in [-0.2, 0) is 4.79 Å². The Labute approximate surface area is 169 Å². The first-order chi connectivity index (χ1) is 13.8. The molecule has 1 saturated carbocycles. The third kappa shape index (κ3) is 3.38. The SMILES string of the molecule is O=C(CSc1nnc(C2CC2)n1-c1ccccc1)Nc1cccc2nsnc12. The van der Waals surface area contributed by atoms with Gasteiger partial charge in [-0.05, 0) is 37.1 Å². The molecule has 2 aromatic carbocycles. The standard InChI is InChI=1S/C19H16N6OS2/c26-16(20-14-7-4-8-15-17(14)24-28-23-15)11-27-19-22-21-18(12-9-10-12)25(19)13-5-2-1-3-6-13/h1-8,12H,9-11H2,(H,20,26). The Hall–Kier alpha value is -2.78. The maximum Gasteiger partial charge on any atom is 0.234 e. The van der Waals surface area contributed by atoms with Crippen molar-refractivity contribution in [3.63, 3.8) is 0 Å². The Balaban J connectivity index is 1.34. The normalized spacial score (nSPS) is 13.7. The number of para-hydroxylation sites is 1. The van der Waals surface area contributed by atoms with E-state index in [0.717, 1.165) is 46.8 Å². The van der Waals surface area contributed by atoms with Crippen molar-refractivity contribution in [1.82, 2.24) is 23.5 Å². The molecule has 1 N–H and O–H groups in total. The zero-order valence-corrected chi connectivity index (χ0v) is 16.4. The summed E-state index contributed by atoms with van der Waals surface area (Å²) in [7, 11) is 0. The molecule has 2 heterocycles. The maximum absolute atomic E-state index is 12.5. The Morgan fingerprint density at radius 2 is 1.96 bits per heavy atom. The molecule has 28 heavy (non-hydrogen) atoms. The van der Waals surface area contributed by atoms with Gasteiger partial charge in [-0.1, -0.05) is 36.0 Å². The molecule has 2 aromatic heterocycles. The van der Waals surface area contributed by atoms with Gasteiger partial charge in [-0.2, -0.15) is 8.75 Å². The lowest BCUT2D eigenvalue weighted by atomic mass is 10.2. The Morgan fingerprint density at radius 1 is 1.11 bits per heavy atom. The summed E-state index contributed by atoms with van der Waals surface area (Å²) in [6.07, 6.45) is 2.28. The first-order valence-corrected chi connectivity index (χ1v) is 10.7. The Bertz CT molecular complexity index is 1140. The number of carbonyl (C=O) groups excluding carboxylic acids is 1. The Kier molecular flexibility index (Phi) is 4.53. The molecule has 0 aliphatic heterocycles. The maximum atomic E-state index is 12.5. The zero-order chi connectivity index (χ0) is 18.9. The monoisotopic (exact) mass is 408 g/mol. The van der Waals surface area contributed by atoms with Crippen molar-refractivity contribution < 1.29 is 4.79 Å². The van der Waals surface area contributed by atoms with Crippen LogP contribution in [0.4, 0.5) is 5.69 Å². The van der Waals surface area contributed by atoms with Crippen LogP contribution in [0.15, 0.2) is 53.7 Å². The molecule has 1 aliphatic carbocycles. The highest BCUT2D eigenvalue weighted by Gasteiger charge is 2.31. The minimum atomic E-state index is -0.110. The van der Waals surface area contributed by atoms with E-state index in [-0.39, 0.29) is 11.7 Å². The minimum absolute atomic E-state index is 0.110. The molecule has 0 atom stereocenters. The van der Waals surface area contributed by atoms with Crippen molar-refractivity contribution in [2.75, 3.05) is 11.1 Å². The molecule has 0 radical (unpaired) electrons. The fraction of sp³-hybridized carbons (Fsp3) is 0.211. The van der Waals surface area contributed by atoms with E-state index in [9.17, 15) is 4.79 Å². The minimum Gasteiger partial charge on any atom is -0.323 e. The fourth-order valence-corrected chi connectivity index (χ4v) is 4.33. The predicted molar refractivity (Wildman–Crippen MR) is 110 cm³/mol. The molecule has 0 unspecified atom stereocenters. The largest absolute Gasteiger partial charge is 0.323 e. The van der Waals surface area contributed by atoms with E-state index in [0.29, 0.717) is 17.1 Å². The molecule has 9 heteroatoms. The van der Waals surface area contributed by atoms with Crippen LogP contribution in [0, 0.1) is 0 Å². The average molecular weight is 409 g/mol. The summed E-state index contributed by atoms with van der Waals surface area (Å²) < 4.78 is 10.5. The molecule has 1 fully saturated rings. The van der Waals surface area contributed by atoms with Gasteiger partial charge in [0.2, 0.25) is 5.91 Å². The number of fused-ring (bicyclic) bond motifs is 1. The smallest absolute Gasteiger partial charge is 0.234 e. The summed E-state index contributed by atoms with van der Waals surface area (Å²) in [5.41, 5.74) is 3.21. The highest BCUT2D eigenvalue weighted by Crippen LogP contribution is 2.41. The van der Waals surface area contributed by atoms with Crippen LogP contribution < -0.4 is 5.32 Å². The Morgan fingerprint density at radius 3 is 2.79 bits per heavy atom. The highest BCUT2D eigenvalue weighted by atomic mass is 32.2. The molecule has 4 aromatic rings. The number of hydrogen-bond acceptors (Lipinski definition) is 7. The van der Waals surface area contributed by atoms with E-state index in [1.807, 2.05) is 48.5 Å². The third-order valence-electron chi connectivity index (χ3n) is 4.51. The average Bonchev–Trinajstić information content (AvgIpc) is 3.29. The lowest BCUT2D eigenvalue weighted by molar-refractivity contribution is -0.113. The van der Waals surface area contributed by atoms with Gasteiger partial charge in [-0.25, -0.2) is 0 Å². The van der Waals surface area contributed by atoms with Gasteiger partial charge in [0.25, 0.3) is 0 Å². The number of rotatable bonds is 6. The summed E-state index contributed by atoms with van der Waals surface area (Å²) in [4.78, 5) is 12.5. The zero-order valence-electron chi connectivity index (χ0n) is 14.8. The lowest BCUT2D eigenvalue weighted by Gasteiger charge is -2.10. The van der Waals surface area contributed by atoms with Crippen LogP contribution in [0.2, 0.25) is 0 Å². The third-order valence-corrected chi connectivity index (χ3v) is 5.98. The van der Waals surface area contributed by atoms with E-state index in [2.05, 4.69) is 28.8 Å². The van der Waals surface area contributed by atoms with Crippen LogP contribution in [0.1, 0.15) is 24.6 Å². The summed E-state index contributed by atoms with van der Waals surface area (Å²) in [5, 5.41) is 12.4. The second-order valence-corrected chi connectivity index (χ2v) is 8.03. The van der Waals surface area contributed by atoms with Crippen LogP contribution in [-0.4, -0.2) is 35.2 Å². The van der Waals surface area contributed by atoms with Crippen LogP contribution >= 0.6 is 23.5 Å². The van der Waals surface area contributed by atoms with E-state index in [1.165, 1.54) is 11.8 Å². The summed E-state index contributed by atoms with van der Waals surface area (Å²) in [5.74, 6) is 1.57. The summed E-state index contributed by atoms with van der Waals surface area (Å²) in [6.45, 7) is 0. The molecule has 1 amide bonds. The molecule has 140 valence electrons. The van der Waals surface area contributed by atoms with Crippen LogP contribution in [0.25, 0.3) is 16.7 Å². The topological polar surface area (TPSA) is 85.6 Å². The molecule has 0 spiro atoms. The van der Waals surface area contributed by atoms with Crippen molar-refractivity contribution >= 4 is 46.1 Å². The molecular weight excluding hydrogens is 392 g/mol. The number of thioether (sulfide) groups is 1. The number of carbonyl (C=O) groups is 1. The lowest BCUT2D eigenvalue weighted by Crippen LogP contribution is -2.15. The summed E-state index contributed by atoms with van der Waals surface area (Å²) in [6, 6.07) is 15.6. The van der Waals surface area contributed by atoms with Gasteiger partial charge < -0.3 is 5.32 Å². The fourth-order valence-electron chi connectivity index (χ4n) is 3.02. The first kappa shape index (κ1) is 17.3. The van der Waals surface area contributed by atoms with Crippen molar-refractivity contribution in [3.8, 4) is 5.69 Å². The van der Waals surface area contributed by atoms with Gasteiger partial charge in [0.05, 0.1) is 23.2 Å². The van der Waals surface area contributed by atoms with Gasteiger partial charge in [-0.3, -0.25) is 9.36 Å². The van der Waals surface area contributed by atoms with E-state index in [1.54, 1.807) is 0 Å². The van der Waals surface area contributed by atoms with Gasteiger partial charge in [0.1, 0.15) is 16.9 Å². The number of benzene rings is 2. The number of anilines is 1. The van der Waals surface area contributed by atoms with Crippen LogP contribution in [0.3, 0.4) is 0 Å². The second-order valence-electron chi connectivity index (χ2n) is 6.56. The quantitative estimate of drug-likeness (QED) is 0.487. The van der Waals surface area contributed by atoms with E-state index in [4.69, 9.17) is 0 Å². The van der Waals surface area contributed by atoms with Gasteiger partial charge >= 0.3 is 0 Å². The molecule has 7 nitrogen and oxygen atoms in total. The molecule has 5 rings (SSSR count). The number of amides is 1.